The van der Waals surface area contributed by atoms with Gasteiger partial charge in [-0.1, -0.05) is 12.1 Å². The number of nitrogens with zero attached hydrogens (tertiary/aromatic N) is 4. The van der Waals surface area contributed by atoms with Crippen molar-refractivity contribution >= 4 is 28.9 Å². The lowest BCUT2D eigenvalue weighted by Gasteiger charge is -2.18. The highest BCUT2D eigenvalue weighted by Gasteiger charge is 2.31. The van der Waals surface area contributed by atoms with Gasteiger partial charge in [-0.2, -0.15) is 18.3 Å². The second kappa shape index (κ2) is 8.30. The van der Waals surface area contributed by atoms with Crippen LogP contribution in [0.15, 0.2) is 55.1 Å². The molecule has 1 aromatic carbocycles. The Labute approximate surface area is 191 Å². The molecule has 0 unspecified atom stereocenters. The van der Waals surface area contributed by atoms with Crippen molar-refractivity contribution in [1.82, 2.24) is 19.6 Å². The highest BCUT2D eigenvalue weighted by molar-refractivity contribution is 5.99. The number of carbonyl (C=O) groups excluding carboxylic acids is 1. The number of pyridine rings is 1. The molecule has 0 aliphatic heterocycles. The molecule has 0 aliphatic carbocycles. The third-order valence-electron chi connectivity index (χ3n) is 5.02. The number of amides is 2. The number of aliphatic hydroxyl groups is 1. The fourth-order valence-corrected chi connectivity index (χ4v) is 3.47. The number of halogens is 3. The summed E-state index contributed by atoms with van der Waals surface area (Å²) >= 11 is 0. The first-order valence-electron chi connectivity index (χ1n) is 10.00. The standard InChI is InChI=1S/C22H20F3N7O2/c1-21(2,34)15-10-32-18(19(26)28-11-29-32)17(15)12-3-5-14(6-4-12)30-20(33)31-16-9-13(7-8-27-16)22(23,24)25/h3-11,34H,1-2H3,(H2,26,28,29)(H2,27,30,31,33). The molecule has 0 fully saturated rings. The minimum absolute atomic E-state index is 0.232. The Balaban J connectivity index is 1.58. The van der Waals surface area contributed by atoms with E-state index in [1.165, 1.54) is 10.8 Å². The van der Waals surface area contributed by atoms with E-state index in [4.69, 9.17) is 5.73 Å². The van der Waals surface area contributed by atoms with Crippen LogP contribution in [-0.4, -0.2) is 30.7 Å². The van der Waals surface area contributed by atoms with Crippen molar-refractivity contribution in [1.29, 1.82) is 0 Å². The topological polar surface area (TPSA) is 130 Å². The molecule has 2 amide bonds. The summed E-state index contributed by atoms with van der Waals surface area (Å²) < 4.78 is 40.1. The summed E-state index contributed by atoms with van der Waals surface area (Å²) in [5, 5.41) is 19.6. The Kier molecular flexibility index (Phi) is 5.61. The van der Waals surface area contributed by atoms with E-state index in [1.807, 2.05) is 0 Å². The van der Waals surface area contributed by atoms with Gasteiger partial charge >= 0.3 is 12.2 Å². The van der Waals surface area contributed by atoms with Crippen LogP contribution >= 0.6 is 0 Å². The molecular weight excluding hydrogens is 451 g/mol. The number of urea groups is 1. The molecule has 9 nitrogen and oxygen atoms in total. The molecule has 12 heteroatoms. The summed E-state index contributed by atoms with van der Waals surface area (Å²) in [4.78, 5) is 20.0. The van der Waals surface area contributed by atoms with E-state index in [2.05, 4.69) is 25.7 Å². The fraction of sp³-hybridized carbons (Fsp3) is 0.182. The first kappa shape index (κ1) is 23.0. The summed E-state index contributed by atoms with van der Waals surface area (Å²) in [6.45, 7) is 3.27. The lowest BCUT2D eigenvalue weighted by atomic mass is 9.92. The Morgan fingerprint density at radius 3 is 2.44 bits per heavy atom. The number of fused-ring (bicyclic) bond motifs is 1. The van der Waals surface area contributed by atoms with Crippen molar-refractivity contribution in [3.05, 3.63) is 66.2 Å². The normalized spacial score (nSPS) is 12.1. The molecule has 0 saturated carbocycles. The van der Waals surface area contributed by atoms with Crippen LogP contribution in [0.2, 0.25) is 0 Å². The number of anilines is 3. The monoisotopic (exact) mass is 471 g/mol. The largest absolute Gasteiger partial charge is 0.416 e. The highest BCUT2D eigenvalue weighted by Crippen LogP contribution is 2.38. The Morgan fingerprint density at radius 2 is 1.79 bits per heavy atom. The van der Waals surface area contributed by atoms with E-state index in [9.17, 15) is 23.1 Å². The van der Waals surface area contributed by atoms with Gasteiger partial charge in [0.15, 0.2) is 5.82 Å². The van der Waals surface area contributed by atoms with Crippen LogP contribution in [0.3, 0.4) is 0 Å². The third-order valence-corrected chi connectivity index (χ3v) is 5.02. The van der Waals surface area contributed by atoms with Crippen LogP contribution in [0.5, 0.6) is 0 Å². The summed E-state index contributed by atoms with van der Waals surface area (Å²) in [6, 6.07) is 7.41. The molecule has 0 radical (unpaired) electrons. The van der Waals surface area contributed by atoms with Gasteiger partial charge in [-0.05, 0) is 43.7 Å². The Morgan fingerprint density at radius 1 is 1.09 bits per heavy atom. The van der Waals surface area contributed by atoms with Gasteiger partial charge in [0.2, 0.25) is 0 Å². The summed E-state index contributed by atoms with van der Waals surface area (Å²) in [6.07, 6.45) is -0.605. The van der Waals surface area contributed by atoms with Crippen LogP contribution in [0.4, 0.5) is 35.3 Å². The first-order valence-corrected chi connectivity index (χ1v) is 10.00. The Bertz CT molecular complexity index is 1360. The zero-order valence-corrected chi connectivity index (χ0v) is 18.1. The number of hydrogen-bond donors (Lipinski definition) is 4. The minimum Gasteiger partial charge on any atom is -0.386 e. The van der Waals surface area contributed by atoms with Crippen LogP contribution < -0.4 is 16.4 Å². The summed E-state index contributed by atoms with van der Waals surface area (Å²) in [5.74, 6) is -0.00909. The van der Waals surface area contributed by atoms with E-state index >= 15 is 0 Å². The van der Waals surface area contributed by atoms with Gasteiger partial charge in [-0.15, -0.1) is 0 Å². The average molecular weight is 471 g/mol. The van der Waals surface area contributed by atoms with Crippen LogP contribution in [0, 0.1) is 0 Å². The smallest absolute Gasteiger partial charge is 0.386 e. The lowest BCUT2D eigenvalue weighted by molar-refractivity contribution is -0.137. The van der Waals surface area contributed by atoms with Crippen LogP contribution in [0.25, 0.3) is 16.6 Å². The van der Waals surface area contributed by atoms with Crippen molar-refractivity contribution in [2.45, 2.75) is 25.6 Å². The molecule has 0 spiro atoms. The predicted octanol–water partition coefficient (Wildman–Crippen LogP) is 4.26. The van der Waals surface area contributed by atoms with Gasteiger partial charge in [0, 0.05) is 29.2 Å². The molecule has 3 aromatic heterocycles. The molecule has 0 bridgehead atoms. The SMILES string of the molecule is CC(C)(O)c1cn2ncnc(N)c2c1-c1ccc(NC(=O)Nc2cc(C(F)(F)F)ccn2)cc1. The molecule has 176 valence electrons. The Hall–Kier alpha value is -4.19. The molecule has 0 saturated heterocycles. The van der Waals surface area contributed by atoms with Gasteiger partial charge < -0.3 is 16.2 Å². The number of nitrogen functional groups attached to an aromatic ring is 1. The summed E-state index contributed by atoms with van der Waals surface area (Å²) in [7, 11) is 0. The van der Waals surface area contributed by atoms with Crippen molar-refractivity contribution in [2.24, 2.45) is 0 Å². The number of alkyl halides is 3. The maximum Gasteiger partial charge on any atom is 0.416 e. The second-order valence-corrected chi connectivity index (χ2v) is 8.00. The number of carbonyl (C=O) groups is 1. The lowest BCUT2D eigenvalue weighted by Crippen LogP contribution is -2.20. The van der Waals surface area contributed by atoms with E-state index in [0.29, 0.717) is 27.9 Å². The zero-order valence-electron chi connectivity index (χ0n) is 18.1. The molecule has 34 heavy (non-hydrogen) atoms. The van der Waals surface area contributed by atoms with E-state index in [1.54, 1.807) is 44.3 Å². The quantitative estimate of drug-likeness (QED) is 0.352. The van der Waals surface area contributed by atoms with Gasteiger partial charge in [-0.3, -0.25) is 5.32 Å². The number of benzene rings is 1. The number of rotatable bonds is 4. The summed E-state index contributed by atoms with van der Waals surface area (Å²) in [5.41, 5.74) is 6.74. The second-order valence-electron chi connectivity index (χ2n) is 8.00. The number of hydrogen-bond acceptors (Lipinski definition) is 6. The molecule has 4 rings (SSSR count). The third kappa shape index (κ3) is 4.62. The maximum absolute atomic E-state index is 12.8. The van der Waals surface area contributed by atoms with E-state index in [0.717, 1.165) is 18.3 Å². The predicted molar refractivity (Wildman–Crippen MR) is 120 cm³/mol. The maximum atomic E-state index is 12.8. The average Bonchev–Trinajstić information content (AvgIpc) is 3.15. The van der Waals surface area contributed by atoms with Gasteiger partial charge in [0.25, 0.3) is 0 Å². The number of aromatic nitrogens is 4. The highest BCUT2D eigenvalue weighted by atomic mass is 19.4. The number of nitrogens with two attached hydrogens (primary N) is 1. The number of nitrogens with one attached hydrogen (secondary N) is 2. The molecule has 0 atom stereocenters. The van der Waals surface area contributed by atoms with Gasteiger partial charge in [0.05, 0.1) is 11.2 Å². The van der Waals surface area contributed by atoms with Crippen molar-refractivity contribution in [3.63, 3.8) is 0 Å². The van der Waals surface area contributed by atoms with Crippen molar-refractivity contribution in [2.75, 3.05) is 16.4 Å². The van der Waals surface area contributed by atoms with Crippen molar-refractivity contribution in [3.8, 4) is 11.1 Å². The van der Waals surface area contributed by atoms with E-state index < -0.39 is 23.4 Å². The van der Waals surface area contributed by atoms with Gasteiger partial charge in [0.1, 0.15) is 17.7 Å². The molecular formula is C22H20F3N7O2. The van der Waals surface area contributed by atoms with Crippen LogP contribution in [0.1, 0.15) is 25.0 Å². The minimum atomic E-state index is -4.55. The molecule has 3 heterocycles. The molecule has 5 N–H and O–H groups in total. The van der Waals surface area contributed by atoms with Crippen molar-refractivity contribution < 1.29 is 23.1 Å². The first-order chi connectivity index (χ1) is 15.9. The van der Waals surface area contributed by atoms with Crippen LogP contribution in [-0.2, 0) is 11.8 Å². The fourth-order valence-electron chi connectivity index (χ4n) is 3.47. The zero-order chi connectivity index (χ0) is 24.7. The van der Waals surface area contributed by atoms with E-state index in [-0.39, 0.29) is 11.6 Å². The molecule has 0 aliphatic rings. The van der Waals surface area contributed by atoms with Gasteiger partial charge in [-0.25, -0.2) is 19.3 Å². The molecule has 4 aromatic rings.